The molecule has 0 heterocycles. The number of ether oxygens (including phenoxy) is 4. The smallest absolute Gasteiger partial charge is 0.412 e. The fraction of sp³-hybridized carbons (Fsp3) is 0.206. The second kappa shape index (κ2) is 14.0. The Balaban J connectivity index is 1.26. The second-order valence-corrected chi connectivity index (χ2v) is 10.6. The van der Waals surface area contributed by atoms with Crippen LogP contribution in [0.2, 0.25) is 0 Å². The van der Waals surface area contributed by atoms with Crippen LogP contribution in [0, 0.1) is 0 Å². The van der Waals surface area contributed by atoms with Crippen molar-refractivity contribution < 1.29 is 33.3 Å². The minimum atomic E-state index is -0.579. The number of esters is 1. The Labute approximate surface area is 250 Å². The summed E-state index contributed by atoms with van der Waals surface area (Å²) < 4.78 is 21.9. The number of anilines is 2. The fourth-order valence-electron chi connectivity index (χ4n) is 4.00. The number of rotatable bonds is 10. The molecule has 222 valence electrons. The molecular formula is C34H34N2O7. The lowest BCUT2D eigenvalue weighted by Crippen LogP contribution is -2.27. The molecule has 0 fully saturated rings. The lowest BCUT2D eigenvalue weighted by molar-refractivity contribution is -0.115. The summed E-state index contributed by atoms with van der Waals surface area (Å²) in [6, 6.07) is 28.5. The molecule has 0 saturated carbocycles. The van der Waals surface area contributed by atoms with Crippen LogP contribution in [0.5, 0.6) is 17.2 Å². The van der Waals surface area contributed by atoms with Gasteiger partial charge in [0, 0.05) is 5.69 Å². The predicted octanol–water partition coefficient (Wildman–Crippen LogP) is 7.37. The van der Waals surface area contributed by atoms with Gasteiger partial charge in [0.1, 0.15) is 29.5 Å². The largest absolute Gasteiger partial charge is 0.489 e. The Kier molecular flexibility index (Phi) is 10.0. The zero-order valence-electron chi connectivity index (χ0n) is 24.5. The van der Waals surface area contributed by atoms with Gasteiger partial charge < -0.3 is 24.3 Å². The van der Waals surface area contributed by atoms with Gasteiger partial charge in [-0.25, -0.2) is 9.59 Å². The van der Waals surface area contributed by atoms with Crippen molar-refractivity contribution >= 4 is 29.3 Å². The molecule has 0 aromatic heterocycles. The molecule has 0 aliphatic heterocycles. The van der Waals surface area contributed by atoms with E-state index in [0.717, 1.165) is 11.1 Å². The van der Waals surface area contributed by atoms with Crippen molar-refractivity contribution in [3.8, 4) is 17.2 Å². The summed E-state index contributed by atoms with van der Waals surface area (Å²) in [4.78, 5) is 36.5. The van der Waals surface area contributed by atoms with Gasteiger partial charge in [-0.3, -0.25) is 10.1 Å². The summed E-state index contributed by atoms with van der Waals surface area (Å²) in [6.07, 6.45) is -0.387. The molecule has 0 radical (unpaired) electrons. The third-order valence-corrected chi connectivity index (χ3v) is 5.93. The lowest BCUT2D eigenvalue weighted by Gasteiger charge is -2.19. The van der Waals surface area contributed by atoms with Gasteiger partial charge in [0.05, 0.1) is 24.8 Å². The molecule has 4 aromatic rings. The maximum absolute atomic E-state index is 12.6. The van der Waals surface area contributed by atoms with Crippen LogP contribution in [0.4, 0.5) is 16.2 Å². The first-order chi connectivity index (χ1) is 20.6. The normalized spacial score (nSPS) is 10.8. The topological polar surface area (TPSA) is 112 Å². The quantitative estimate of drug-likeness (QED) is 0.188. The molecular weight excluding hydrogens is 548 g/mol. The van der Waals surface area contributed by atoms with E-state index in [0.29, 0.717) is 40.8 Å². The van der Waals surface area contributed by atoms with Crippen molar-refractivity contribution in [2.45, 2.75) is 39.4 Å². The second-order valence-electron chi connectivity index (χ2n) is 10.6. The number of carbonyl (C=O) groups is 3. The molecule has 0 bridgehead atoms. The van der Waals surface area contributed by atoms with Gasteiger partial charge in [-0.05, 0) is 92.6 Å². The molecule has 9 heteroatoms. The molecule has 43 heavy (non-hydrogen) atoms. The Morgan fingerprint density at radius 1 is 0.721 bits per heavy atom. The Morgan fingerprint density at radius 2 is 1.37 bits per heavy atom. The van der Waals surface area contributed by atoms with E-state index in [2.05, 4.69) is 10.6 Å². The van der Waals surface area contributed by atoms with Crippen LogP contribution in [-0.2, 0) is 27.3 Å². The maximum atomic E-state index is 12.6. The van der Waals surface area contributed by atoms with Crippen LogP contribution in [-0.4, -0.2) is 30.7 Å². The average Bonchev–Trinajstić information content (AvgIpc) is 2.97. The van der Waals surface area contributed by atoms with E-state index in [1.54, 1.807) is 54.6 Å². The SMILES string of the molecule is COC(=O)c1ccccc1NC(=O)Cc1ccc(Oc2ccc(OCc3cccc(NC(=O)OC(C)(C)C)c3)cc2)cc1. The van der Waals surface area contributed by atoms with Crippen LogP contribution in [0.3, 0.4) is 0 Å². The maximum Gasteiger partial charge on any atom is 0.412 e. The molecule has 0 unspecified atom stereocenters. The summed E-state index contributed by atoms with van der Waals surface area (Å²) in [5.41, 5.74) is 2.40. The highest BCUT2D eigenvalue weighted by molar-refractivity contribution is 6.01. The summed E-state index contributed by atoms with van der Waals surface area (Å²) in [7, 11) is 1.30. The molecule has 0 atom stereocenters. The summed E-state index contributed by atoms with van der Waals surface area (Å²) in [6.45, 7) is 5.74. The Bertz CT molecular complexity index is 1560. The highest BCUT2D eigenvalue weighted by atomic mass is 16.6. The molecule has 4 rings (SSSR count). The van der Waals surface area contributed by atoms with Crippen LogP contribution in [0.15, 0.2) is 97.1 Å². The molecule has 2 amide bonds. The first-order valence-corrected chi connectivity index (χ1v) is 13.6. The minimum Gasteiger partial charge on any atom is -0.489 e. The predicted molar refractivity (Wildman–Crippen MR) is 164 cm³/mol. The number of amides is 2. The van der Waals surface area contributed by atoms with E-state index in [1.807, 2.05) is 63.2 Å². The summed E-state index contributed by atoms with van der Waals surface area (Å²) in [5, 5.41) is 5.50. The van der Waals surface area contributed by atoms with Crippen LogP contribution >= 0.6 is 0 Å². The fourth-order valence-corrected chi connectivity index (χ4v) is 4.00. The zero-order valence-corrected chi connectivity index (χ0v) is 24.5. The standard InChI is InChI=1S/C34H34N2O7/c1-34(2,3)43-33(39)35-25-9-7-8-24(20-25)22-41-26-16-18-28(19-17-26)42-27-14-12-23(13-15-27)21-31(37)36-30-11-6-5-10-29(30)32(38)40-4/h5-20H,21-22H2,1-4H3,(H,35,39)(H,36,37). The number of nitrogens with one attached hydrogen (secondary N) is 2. The number of benzene rings is 4. The molecule has 0 spiro atoms. The van der Waals surface area contributed by atoms with Crippen LogP contribution < -0.4 is 20.1 Å². The molecule has 0 saturated heterocycles. The first kappa shape index (κ1) is 30.6. The van der Waals surface area contributed by atoms with Crippen molar-refractivity contribution in [3.63, 3.8) is 0 Å². The van der Waals surface area contributed by atoms with E-state index < -0.39 is 17.7 Å². The highest BCUT2D eigenvalue weighted by Crippen LogP contribution is 2.25. The van der Waals surface area contributed by atoms with Crippen molar-refractivity contribution in [1.29, 1.82) is 0 Å². The average molecular weight is 583 g/mol. The Hall–Kier alpha value is -5.31. The van der Waals surface area contributed by atoms with E-state index in [4.69, 9.17) is 18.9 Å². The number of methoxy groups -OCH3 is 1. The molecule has 9 nitrogen and oxygen atoms in total. The van der Waals surface area contributed by atoms with Gasteiger partial charge in [-0.2, -0.15) is 0 Å². The van der Waals surface area contributed by atoms with Crippen molar-refractivity contribution in [3.05, 3.63) is 114 Å². The summed E-state index contributed by atoms with van der Waals surface area (Å²) >= 11 is 0. The number of hydrogen-bond donors (Lipinski definition) is 2. The van der Waals surface area contributed by atoms with Crippen LogP contribution in [0.25, 0.3) is 0 Å². The van der Waals surface area contributed by atoms with Gasteiger partial charge in [-0.1, -0.05) is 36.4 Å². The number of para-hydroxylation sites is 1. The van der Waals surface area contributed by atoms with Gasteiger partial charge in [0.25, 0.3) is 0 Å². The zero-order chi connectivity index (χ0) is 30.8. The van der Waals surface area contributed by atoms with Gasteiger partial charge in [0.15, 0.2) is 0 Å². The van der Waals surface area contributed by atoms with E-state index in [9.17, 15) is 14.4 Å². The monoisotopic (exact) mass is 582 g/mol. The molecule has 2 N–H and O–H groups in total. The molecule has 4 aromatic carbocycles. The highest BCUT2D eigenvalue weighted by Gasteiger charge is 2.16. The number of hydrogen-bond acceptors (Lipinski definition) is 7. The first-order valence-electron chi connectivity index (χ1n) is 13.6. The van der Waals surface area contributed by atoms with E-state index in [-0.39, 0.29) is 12.3 Å². The minimum absolute atomic E-state index is 0.127. The van der Waals surface area contributed by atoms with E-state index in [1.165, 1.54) is 7.11 Å². The van der Waals surface area contributed by atoms with Crippen molar-refractivity contribution in [2.24, 2.45) is 0 Å². The van der Waals surface area contributed by atoms with Gasteiger partial charge >= 0.3 is 12.1 Å². The molecule has 0 aliphatic rings. The van der Waals surface area contributed by atoms with Crippen LogP contribution in [0.1, 0.15) is 42.3 Å². The summed E-state index contributed by atoms with van der Waals surface area (Å²) in [5.74, 6) is 1.13. The third kappa shape index (κ3) is 9.64. The number of carbonyl (C=O) groups excluding carboxylic acids is 3. The Morgan fingerprint density at radius 3 is 2.05 bits per heavy atom. The van der Waals surface area contributed by atoms with Gasteiger partial charge in [0.2, 0.25) is 5.91 Å². The van der Waals surface area contributed by atoms with Crippen molar-refractivity contribution in [2.75, 3.05) is 17.7 Å². The molecule has 0 aliphatic carbocycles. The third-order valence-electron chi connectivity index (χ3n) is 5.93. The van der Waals surface area contributed by atoms with E-state index >= 15 is 0 Å². The van der Waals surface area contributed by atoms with Gasteiger partial charge in [-0.15, -0.1) is 0 Å². The lowest BCUT2D eigenvalue weighted by atomic mass is 10.1. The van der Waals surface area contributed by atoms with Crippen molar-refractivity contribution in [1.82, 2.24) is 0 Å².